The van der Waals surface area contributed by atoms with Crippen LogP contribution >= 0.6 is 0 Å². The molecule has 1 rings (SSSR count). The second-order valence-electron chi connectivity index (χ2n) is 5.86. The Morgan fingerprint density at radius 2 is 2.07 bits per heavy atom. The molecule has 1 unspecified atom stereocenters. The minimum absolute atomic E-state index is 0.00988. The maximum Gasteiger partial charge on any atom is 0.242 e. The Morgan fingerprint density at radius 3 is 2.47 bits per heavy atom. The minimum Gasteiger partial charge on any atom is -0.394 e. The van der Waals surface area contributed by atoms with Crippen molar-refractivity contribution in [2.24, 2.45) is 0 Å². The highest BCUT2D eigenvalue weighted by molar-refractivity contribution is 5.83. The largest absolute Gasteiger partial charge is 0.394 e. The van der Waals surface area contributed by atoms with Crippen LogP contribution in [0.15, 0.2) is 0 Å². The Balaban J connectivity index is 2.92. The van der Waals surface area contributed by atoms with E-state index in [0.717, 1.165) is 0 Å². The summed E-state index contributed by atoms with van der Waals surface area (Å²) < 4.78 is 0. The van der Waals surface area contributed by atoms with Crippen LogP contribution in [0.2, 0.25) is 0 Å². The second kappa shape index (κ2) is 3.76. The molecule has 4 nitrogen and oxygen atoms in total. The van der Waals surface area contributed by atoms with Gasteiger partial charge >= 0.3 is 0 Å². The Bertz CT molecular complexity index is 256. The van der Waals surface area contributed by atoms with E-state index >= 15 is 0 Å². The molecule has 0 radical (unpaired) electrons. The quantitative estimate of drug-likeness (QED) is 0.662. The third-order valence-corrected chi connectivity index (χ3v) is 2.67. The molecule has 15 heavy (non-hydrogen) atoms. The predicted octanol–water partition coefficient (Wildman–Crippen LogP) is 0.356. The normalized spacial score (nSPS) is 26.9. The van der Waals surface area contributed by atoms with Crippen molar-refractivity contribution < 1.29 is 9.90 Å². The molecule has 88 valence electrons. The number of rotatable bonds is 1. The zero-order chi connectivity index (χ0) is 11.9. The van der Waals surface area contributed by atoms with Crippen molar-refractivity contribution in [2.45, 2.75) is 51.7 Å². The number of hydrogen-bond acceptors (Lipinski definition) is 3. The van der Waals surface area contributed by atoms with Crippen molar-refractivity contribution in [3.8, 4) is 0 Å². The SMILES string of the molecule is CC1(C)CN(C(C)(C)C)C(=O)C(CO)N1. The zero-order valence-corrected chi connectivity index (χ0v) is 10.3. The fourth-order valence-corrected chi connectivity index (χ4v) is 1.93. The van der Waals surface area contributed by atoms with E-state index in [1.807, 2.05) is 39.5 Å². The molecule has 0 aromatic heterocycles. The summed E-state index contributed by atoms with van der Waals surface area (Å²) >= 11 is 0. The van der Waals surface area contributed by atoms with Crippen molar-refractivity contribution in [3.05, 3.63) is 0 Å². The van der Waals surface area contributed by atoms with E-state index in [-0.39, 0.29) is 23.6 Å². The summed E-state index contributed by atoms with van der Waals surface area (Å²) in [7, 11) is 0. The number of aliphatic hydroxyl groups excluding tert-OH is 1. The molecule has 1 atom stereocenters. The first-order chi connectivity index (χ1) is 6.67. The third kappa shape index (κ3) is 2.69. The van der Waals surface area contributed by atoms with Gasteiger partial charge in [-0.3, -0.25) is 10.1 Å². The van der Waals surface area contributed by atoms with Crippen molar-refractivity contribution >= 4 is 5.91 Å². The van der Waals surface area contributed by atoms with Crippen LogP contribution in [0.1, 0.15) is 34.6 Å². The minimum atomic E-state index is -0.465. The van der Waals surface area contributed by atoms with E-state index in [1.165, 1.54) is 0 Å². The molecular formula is C11H22N2O2. The van der Waals surface area contributed by atoms with Crippen LogP contribution in [0.5, 0.6) is 0 Å². The van der Waals surface area contributed by atoms with Gasteiger partial charge in [0.05, 0.1) is 6.61 Å². The summed E-state index contributed by atoms with van der Waals surface area (Å²) in [6.07, 6.45) is 0. The Morgan fingerprint density at radius 1 is 1.53 bits per heavy atom. The van der Waals surface area contributed by atoms with Gasteiger partial charge in [0.2, 0.25) is 5.91 Å². The van der Waals surface area contributed by atoms with Crippen molar-refractivity contribution in [3.63, 3.8) is 0 Å². The molecular weight excluding hydrogens is 192 g/mol. The monoisotopic (exact) mass is 214 g/mol. The number of aliphatic hydroxyl groups is 1. The van der Waals surface area contributed by atoms with Gasteiger partial charge < -0.3 is 10.0 Å². The highest BCUT2D eigenvalue weighted by Gasteiger charge is 2.41. The lowest BCUT2D eigenvalue weighted by atomic mass is 9.93. The van der Waals surface area contributed by atoms with E-state index in [1.54, 1.807) is 0 Å². The van der Waals surface area contributed by atoms with Crippen LogP contribution in [0.4, 0.5) is 0 Å². The van der Waals surface area contributed by atoms with Crippen LogP contribution in [0.25, 0.3) is 0 Å². The summed E-state index contributed by atoms with van der Waals surface area (Å²) in [5.74, 6) is -0.00988. The molecule has 0 aromatic carbocycles. The topological polar surface area (TPSA) is 52.6 Å². The van der Waals surface area contributed by atoms with Gasteiger partial charge in [0.15, 0.2) is 0 Å². The number of nitrogens with one attached hydrogen (secondary N) is 1. The van der Waals surface area contributed by atoms with Gasteiger partial charge in [0.25, 0.3) is 0 Å². The maximum atomic E-state index is 12.0. The van der Waals surface area contributed by atoms with Crippen LogP contribution in [-0.2, 0) is 4.79 Å². The van der Waals surface area contributed by atoms with Crippen LogP contribution in [0.3, 0.4) is 0 Å². The van der Waals surface area contributed by atoms with E-state index in [0.29, 0.717) is 6.54 Å². The van der Waals surface area contributed by atoms with E-state index in [4.69, 9.17) is 5.11 Å². The number of piperazine rings is 1. The summed E-state index contributed by atoms with van der Waals surface area (Å²) in [6.45, 7) is 10.7. The maximum absolute atomic E-state index is 12.0. The van der Waals surface area contributed by atoms with E-state index in [9.17, 15) is 4.79 Å². The average Bonchev–Trinajstić information content (AvgIpc) is 2.06. The highest BCUT2D eigenvalue weighted by Crippen LogP contribution is 2.23. The number of carbonyl (C=O) groups is 1. The van der Waals surface area contributed by atoms with Crippen LogP contribution < -0.4 is 5.32 Å². The molecule has 2 N–H and O–H groups in total. The smallest absolute Gasteiger partial charge is 0.242 e. The molecule has 0 bridgehead atoms. The fourth-order valence-electron chi connectivity index (χ4n) is 1.93. The lowest BCUT2D eigenvalue weighted by Crippen LogP contribution is -2.69. The summed E-state index contributed by atoms with van der Waals surface area (Å²) in [5, 5.41) is 12.3. The zero-order valence-electron chi connectivity index (χ0n) is 10.3. The second-order valence-corrected chi connectivity index (χ2v) is 5.86. The van der Waals surface area contributed by atoms with Crippen molar-refractivity contribution in [1.29, 1.82) is 0 Å². The van der Waals surface area contributed by atoms with Gasteiger partial charge in [-0.1, -0.05) is 0 Å². The standard InChI is InChI=1S/C11H22N2O2/c1-10(2,3)13-7-11(4,5)12-8(6-14)9(13)15/h8,12,14H,6-7H2,1-5H3. The number of carbonyl (C=O) groups excluding carboxylic acids is 1. The number of nitrogens with zero attached hydrogens (tertiary/aromatic N) is 1. The Hall–Kier alpha value is -0.610. The van der Waals surface area contributed by atoms with E-state index < -0.39 is 6.04 Å². The molecule has 4 heteroatoms. The third-order valence-electron chi connectivity index (χ3n) is 2.67. The van der Waals surface area contributed by atoms with Gasteiger partial charge in [0, 0.05) is 17.6 Å². The first kappa shape index (κ1) is 12.5. The van der Waals surface area contributed by atoms with Crippen molar-refractivity contribution in [2.75, 3.05) is 13.2 Å². The molecule has 0 saturated carbocycles. The van der Waals surface area contributed by atoms with Gasteiger partial charge in [-0.15, -0.1) is 0 Å². The number of amides is 1. The molecule has 1 amide bonds. The fraction of sp³-hybridized carbons (Fsp3) is 0.909. The van der Waals surface area contributed by atoms with Crippen LogP contribution in [0, 0.1) is 0 Å². The number of hydrogen-bond donors (Lipinski definition) is 2. The van der Waals surface area contributed by atoms with Crippen molar-refractivity contribution in [1.82, 2.24) is 10.2 Å². The first-order valence-electron chi connectivity index (χ1n) is 5.37. The summed E-state index contributed by atoms with van der Waals surface area (Å²) in [4.78, 5) is 13.8. The predicted molar refractivity (Wildman–Crippen MR) is 59.6 cm³/mol. The van der Waals surface area contributed by atoms with E-state index in [2.05, 4.69) is 5.32 Å². The molecule has 1 fully saturated rings. The molecule has 0 aromatic rings. The Labute approximate surface area is 91.6 Å². The summed E-state index contributed by atoms with van der Waals surface area (Å²) in [6, 6.07) is -0.465. The molecule has 1 aliphatic rings. The van der Waals surface area contributed by atoms with Gasteiger partial charge in [-0.05, 0) is 34.6 Å². The lowest BCUT2D eigenvalue weighted by Gasteiger charge is -2.48. The van der Waals surface area contributed by atoms with Gasteiger partial charge in [-0.25, -0.2) is 0 Å². The molecule has 1 saturated heterocycles. The molecule has 0 aliphatic carbocycles. The lowest BCUT2D eigenvalue weighted by molar-refractivity contribution is -0.145. The Kier molecular flexibility index (Phi) is 3.12. The molecule has 1 heterocycles. The van der Waals surface area contributed by atoms with Crippen LogP contribution in [-0.4, -0.2) is 46.2 Å². The first-order valence-corrected chi connectivity index (χ1v) is 5.37. The van der Waals surface area contributed by atoms with Gasteiger partial charge in [0.1, 0.15) is 6.04 Å². The average molecular weight is 214 g/mol. The van der Waals surface area contributed by atoms with Gasteiger partial charge in [-0.2, -0.15) is 0 Å². The molecule has 0 spiro atoms. The molecule has 1 aliphatic heterocycles. The summed E-state index contributed by atoms with van der Waals surface area (Å²) in [5.41, 5.74) is -0.335. The highest BCUT2D eigenvalue weighted by atomic mass is 16.3.